The molecule has 0 radical (unpaired) electrons. The number of amides is 2. The van der Waals surface area contributed by atoms with Gasteiger partial charge < -0.3 is 30.0 Å². The van der Waals surface area contributed by atoms with Crippen molar-refractivity contribution < 1.29 is 55.7 Å². The van der Waals surface area contributed by atoms with Crippen LogP contribution in [0.15, 0.2) is 30.3 Å². The number of ether oxygens (including phenoxy) is 3. The Hall–Kier alpha value is -3.94. The molecule has 0 bridgehead atoms. The largest absolute Gasteiger partial charge is 0.496 e. The Balaban J connectivity index is 1.46. The molecule has 4 rings (SSSR count). The third kappa shape index (κ3) is 6.75. The zero-order chi connectivity index (χ0) is 30.8. The minimum Gasteiger partial charge on any atom is -0.496 e. The van der Waals surface area contributed by atoms with E-state index < -0.39 is 64.6 Å². The van der Waals surface area contributed by atoms with E-state index in [-0.39, 0.29) is 36.0 Å². The first-order valence-corrected chi connectivity index (χ1v) is 13.1. The van der Waals surface area contributed by atoms with Gasteiger partial charge in [0, 0.05) is 11.8 Å². The van der Waals surface area contributed by atoms with E-state index in [4.69, 9.17) is 14.2 Å². The second-order valence-electron chi connectivity index (χ2n) is 10.6. The van der Waals surface area contributed by atoms with Crippen LogP contribution in [-0.2, 0) is 20.5 Å². The number of hydrogen-bond acceptors (Lipinski definition) is 6. The second-order valence-corrected chi connectivity index (χ2v) is 10.6. The summed E-state index contributed by atoms with van der Waals surface area (Å²) in [5, 5.41) is 14.3. The molecule has 42 heavy (non-hydrogen) atoms. The number of carbonyl (C=O) groups is 3. The molecule has 9 nitrogen and oxygen atoms in total. The molecule has 2 atom stereocenters. The number of alkyl halides is 3. The molecular weight excluding hydrogens is 571 g/mol. The normalized spacial score (nSPS) is 24.1. The standard InChI is InChI=1S/C28H29F5N2O7/c1-27(26(38)39)7-5-15(6-8-27)42-23-10-16(22(40-2)11-20(23)30)24(36)35-21-13-41-12-17(21)25(37)34-14-3-4-19(29)18(9-14)28(31,32)33/h3-4,9-11,15,17,21H,5-8,12-13H2,1-2H3,(H,34,37)(H,35,36)(H,38,39). The minimum absolute atomic E-state index is 0.0989. The van der Waals surface area contributed by atoms with Crippen molar-refractivity contribution in [2.75, 3.05) is 25.6 Å². The third-order valence-corrected chi connectivity index (χ3v) is 7.62. The molecule has 14 heteroatoms. The summed E-state index contributed by atoms with van der Waals surface area (Å²) in [5.74, 6) is -6.10. The molecule has 228 valence electrons. The van der Waals surface area contributed by atoms with Crippen molar-refractivity contribution in [2.24, 2.45) is 11.3 Å². The van der Waals surface area contributed by atoms with E-state index in [1.807, 2.05) is 0 Å². The van der Waals surface area contributed by atoms with Gasteiger partial charge in [0.05, 0.1) is 54.9 Å². The fourth-order valence-corrected chi connectivity index (χ4v) is 4.97. The Bertz CT molecular complexity index is 1360. The highest BCUT2D eigenvalue weighted by atomic mass is 19.4. The fraction of sp³-hybridized carbons (Fsp3) is 0.464. The summed E-state index contributed by atoms with van der Waals surface area (Å²) in [6, 6.07) is 3.24. The van der Waals surface area contributed by atoms with Gasteiger partial charge in [0.2, 0.25) is 5.91 Å². The average Bonchev–Trinajstić information content (AvgIpc) is 3.39. The molecule has 3 N–H and O–H groups in total. The lowest BCUT2D eigenvalue weighted by molar-refractivity contribution is -0.150. The highest BCUT2D eigenvalue weighted by Crippen LogP contribution is 2.39. The maximum atomic E-state index is 14.8. The van der Waals surface area contributed by atoms with Crippen molar-refractivity contribution in [3.63, 3.8) is 0 Å². The summed E-state index contributed by atoms with van der Waals surface area (Å²) in [7, 11) is 1.23. The predicted molar refractivity (Wildman–Crippen MR) is 137 cm³/mol. The van der Waals surface area contributed by atoms with Crippen LogP contribution in [0.2, 0.25) is 0 Å². The van der Waals surface area contributed by atoms with Gasteiger partial charge in [-0.15, -0.1) is 0 Å². The van der Waals surface area contributed by atoms with E-state index in [0.717, 1.165) is 18.2 Å². The summed E-state index contributed by atoms with van der Waals surface area (Å²) in [6.45, 7) is 1.38. The maximum absolute atomic E-state index is 14.8. The summed E-state index contributed by atoms with van der Waals surface area (Å²) >= 11 is 0. The van der Waals surface area contributed by atoms with Gasteiger partial charge in [-0.2, -0.15) is 13.2 Å². The number of hydrogen-bond donors (Lipinski definition) is 3. The first kappa shape index (κ1) is 31.0. The van der Waals surface area contributed by atoms with E-state index in [1.54, 1.807) is 6.92 Å². The van der Waals surface area contributed by atoms with Gasteiger partial charge in [0.1, 0.15) is 11.6 Å². The third-order valence-electron chi connectivity index (χ3n) is 7.62. The molecule has 1 saturated carbocycles. The Morgan fingerprint density at radius 1 is 1.02 bits per heavy atom. The number of anilines is 1. The van der Waals surface area contributed by atoms with Gasteiger partial charge in [-0.1, -0.05) is 0 Å². The average molecular weight is 601 g/mol. The highest BCUT2D eigenvalue weighted by molar-refractivity contribution is 5.99. The number of methoxy groups -OCH3 is 1. The van der Waals surface area contributed by atoms with E-state index in [0.29, 0.717) is 37.8 Å². The number of nitrogens with one attached hydrogen (secondary N) is 2. The molecule has 2 fully saturated rings. The van der Waals surface area contributed by atoms with E-state index in [2.05, 4.69) is 10.6 Å². The fourth-order valence-electron chi connectivity index (χ4n) is 4.97. The molecule has 1 aliphatic carbocycles. The molecule has 2 amide bonds. The number of rotatable bonds is 8. The van der Waals surface area contributed by atoms with Gasteiger partial charge in [-0.05, 0) is 56.9 Å². The van der Waals surface area contributed by atoms with Crippen LogP contribution in [0.3, 0.4) is 0 Å². The maximum Gasteiger partial charge on any atom is 0.419 e. The molecule has 2 unspecified atom stereocenters. The first-order valence-electron chi connectivity index (χ1n) is 13.1. The molecular formula is C28H29F5N2O7. The molecule has 2 aromatic carbocycles. The first-order chi connectivity index (χ1) is 19.7. The van der Waals surface area contributed by atoms with Crippen LogP contribution >= 0.6 is 0 Å². The second kappa shape index (κ2) is 12.1. The molecule has 0 spiro atoms. The number of carbonyl (C=O) groups excluding carboxylic acids is 2. The summed E-state index contributed by atoms with van der Waals surface area (Å²) in [5.41, 5.74) is -2.84. The van der Waals surface area contributed by atoms with Crippen molar-refractivity contribution in [1.82, 2.24) is 5.32 Å². The highest BCUT2D eigenvalue weighted by Gasteiger charge is 2.39. The van der Waals surface area contributed by atoms with Gasteiger partial charge in [-0.3, -0.25) is 14.4 Å². The van der Waals surface area contributed by atoms with Crippen molar-refractivity contribution in [2.45, 2.75) is 50.9 Å². The lowest BCUT2D eigenvalue weighted by Crippen LogP contribution is -2.44. The quantitative estimate of drug-likeness (QED) is 0.373. The van der Waals surface area contributed by atoms with Crippen molar-refractivity contribution in [3.05, 3.63) is 53.1 Å². The SMILES string of the molecule is COc1cc(F)c(OC2CCC(C)(C(=O)O)CC2)cc1C(=O)NC1COCC1C(=O)Nc1ccc(F)c(C(F)(F)F)c1. The van der Waals surface area contributed by atoms with Crippen LogP contribution in [0.25, 0.3) is 0 Å². The molecule has 2 aromatic rings. The predicted octanol–water partition coefficient (Wildman–Crippen LogP) is 4.79. The van der Waals surface area contributed by atoms with Crippen LogP contribution in [0.5, 0.6) is 11.5 Å². The minimum atomic E-state index is -4.97. The Labute approximate surface area is 237 Å². The van der Waals surface area contributed by atoms with Crippen LogP contribution in [0, 0.1) is 23.0 Å². The summed E-state index contributed by atoms with van der Waals surface area (Å²) in [4.78, 5) is 37.6. The zero-order valence-electron chi connectivity index (χ0n) is 22.6. The van der Waals surface area contributed by atoms with E-state index >= 15 is 0 Å². The van der Waals surface area contributed by atoms with Crippen LogP contribution in [-0.4, -0.2) is 55.4 Å². The Morgan fingerprint density at radius 2 is 1.71 bits per heavy atom. The van der Waals surface area contributed by atoms with Crippen molar-refractivity contribution in [1.29, 1.82) is 0 Å². The van der Waals surface area contributed by atoms with Gasteiger partial charge in [0.15, 0.2) is 11.6 Å². The molecule has 1 aliphatic heterocycles. The van der Waals surface area contributed by atoms with Gasteiger partial charge >= 0.3 is 12.1 Å². The zero-order valence-corrected chi connectivity index (χ0v) is 22.6. The lowest BCUT2D eigenvalue weighted by atomic mass is 9.75. The van der Waals surface area contributed by atoms with Crippen LogP contribution < -0.4 is 20.1 Å². The number of carboxylic acid groups (broad SMARTS) is 1. The van der Waals surface area contributed by atoms with E-state index in [1.165, 1.54) is 7.11 Å². The Morgan fingerprint density at radius 3 is 2.33 bits per heavy atom. The molecule has 0 aromatic heterocycles. The molecule has 1 heterocycles. The molecule has 2 aliphatic rings. The van der Waals surface area contributed by atoms with Gasteiger partial charge in [0.25, 0.3) is 5.91 Å². The molecule has 1 saturated heterocycles. The number of benzene rings is 2. The van der Waals surface area contributed by atoms with E-state index in [9.17, 15) is 41.4 Å². The van der Waals surface area contributed by atoms with Crippen LogP contribution in [0.4, 0.5) is 27.6 Å². The summed E-state index contributed by atoms with van der Waals surface area (Å²) < 4.78 is 83.9. The van der Waals surface area contributed by atoms with Crippen molar-refractivity contribution in [3.8, 4) is 11.5 Å². The topological polar surface area (TPSA) is 123 Å². The lowest BCUT2D eigenvalue weighted by Gasteiger charge is -2.34. The smallest absolute Gasteiger partial charge is 0.419 e. The van der Waals surface area contributed by atoms with Gasteiger partial charge in [-0.25, -0.2) is 8.78 Å². The van der Waals surface area contributed by atoms with Crippen molar-refractivity contribution >= 4 is 23.5 Å². The number of aliphatic carboxylic acids is 1. The Kier molecular flexibility index (Phi) is 8.95. The van der Waals surface area contributed by atoms with Crippen LogP contribution in [0.1, 0.15) is 48.5 Å². The number of carboxylic acids is 1. The summed E-state index contributed by atoms with van der Waals surface area (Å²) in [6.07, 6.45) is -4.05. The monoisotopic (exact) mass is 600 g/mol. The number of halogens is 5.